The van der Waals surface area contributed by atoms with E-state index in [2.05, 4.69) is 10.7 Å². The molecule has 0 radical (unpaired) electrons. The van der Waals surface area contributed by atoms with E-state index < -0.39 is 0 Å². The highest BCUT2D eigenvalue weighted by Gasteiger charge is 1.73. The van der Waals surface area contributed by atoms with Crippen LogP contribution in [0.25, 0.3) is 0 Å². The lowest BCUT2D eigenvalue weighted by Crippen LogP contribution is -1.82. The van der Waals surface area contributed by atoms with Crippen molar-refractivity contribution in [2.45, 2.75) is 6.92 Å². The molecule has 2 N–H and O–H groups in total. The van der Waals surface area contributed by atoms with Crippen LogP contribution in [0, 0.1) is 6.92 Å². The summed E-state index contributed by atoms with van der Waals surface area (Å²) in [7, 11) is 0. The highest BCUT2D eigenvalue weighted by molar-refractivity contribution is 5.42. The SMILES string of the molecule is Cc1ccccn1.NC=O. The predicted octanol–water partition coefficient (Wildman–Crippen LogP) is 0.492. The second-order valence-corrected chi connectivity index (χ2v) is 1.61. The van der Waals surface area contributed by atoms with Crippen molar-refractivity contribution in [1.82, 2.24) is 4.98 Å². The summed E-state index contributed by atoms with van der Waals surface area (Å²) in [5.41, 5.74) is 5.24. The van der Waals surface area contributed by atoms with Gasteiger partial charge in [-0.25, -0.2) is 0 Å². The number of nitrogens with zero attached hydrogens (tertiary/aromatic N) is 1. The number of hydrogen-bond donors (Lipinski definition) is 1. The minimum atomic E-state index is 0.250. The third-order valence-electron chi connectivity index (χ3n) is 0.813. The molecule has 0 saturated carbocycles. The molecule has 0 aromatic carbocycles. The van der Waals surface area contributed by atoms with Gasteiger partial charge in [-0.1, -0.05) is 6.07 Å². The Hall–Kier alpha value is -1.38. The van der Waals surface area contributed by atoms with Crippen molar-refractivity contribution in [3.8, 4) is 0 Å². The van der Waals surface area contributed by atoms with Crippen LogP contribution in [0.3, 0.4) is 0 Å². The molecule has 0 unspecified atom stereocenters. The first-order chi connectivity index (χ1) is 4.81. The van der Waals surface area contributed by atoms with Gasteiger partial charge >= 0.3 is 0 Å². The first-order valence-electron chi connectivity index (χ1n) is 2.84. The van der Waals surface area contributed by atoms with Crippen LogP contribution in [0.2, 0.25) is 0 Å². The second kappa shape index (κ2) is 5.75. The number of rotatable bonds is 0. The van der Waals surface area contributed by atoms with Crippen LogP contribution in [-0.4, -0.2) is 11.4 Å². The lowest BCUT2D eigenvalue weighted by Gasteiger charge is -1.82. The van der Waals surface area contributed by atoms with E-state index in [1.807, 2.05) is 25.1 Å². The van der Waals surface area contributed by atoms with Gasteiger partial charge in [0.05, 0.1) is 0 Å². The van der Waals surface area contributed by atoms with Gasteiger partial charge < -0.3 is 5.73 Å². The number of carbonyl (C=O) groups is 1. The van der Waals surface area contributed by atoms with Gasteiger partial charge in [0.2, 0.25) is 6.41 Å². The van der Waals surface area contributed by atoms with Crippen LogP contribution >= 0.6 is 0 Å². The van der Waals surface area contributed by atoms with Crippen LogP contribution in [0.4, 0.5) is 0 Å². The largest absolute Gasteiger partial charge is 0.372 e. The maximum atomic E-state index is 8.58. The van der Waals surface area contributed by atoms with Gasteiger partial charge in [-0.05, 0) is 19.1 Å². The summed E-state index contributed by atoms with van der Waals surface area (Å²) in [4.78, 5) is 12.6. The van der Waals surface area contributed by atoms with Crippen LogP contribution < -0.4 is 5.73 Å². The summed E-state index contributed by atoms with van der Waals surface area (Å²) in [5.74, 6) is 0. The van der Waals surface area contributed by atoms with Crippen molar-refractivity contribution < 1.29 is 4.79 Å². The van der Waals surface area contributed by atoms with E-state index in [1.165, 1.54) is 0 Å². The molecule has 1 aromatic heterocycles. The van der Waals surface area contributed by atoms with Crippen LogP contribution in [0.15, 0.2) is 24.4 Å². The summed E-state index contributed by atoms with van der Waals surface area (Å²) in [5, 5.41) is 0. The Morgan fingerprint density at radius 3 is 2.40 bits per heavy atom. The van der Waals surface area contributed by atoms with Gasteiger partial charge in [-0.2, -0.15) is 0 Å². The molecule has 0 spiro atoms. The number of primary amides is 1. The minimum Gasteiger partial charge on any atom is -0.372 e. The fourth-order valence-corrected chi connectivity index (χ4v) is 0.448. The molecule has 10 heavy (non-hydrogen) atoms. The minimum absolute atomic E-state index is 0.250. The molecule has 0 atom stereocenters. The molecule has 0 fully saturated rings. The lowest BCUT2D eigenvalue weighted by molar-refractivity contribution is -0.106. The molecule has 3 heteroatoms. The number of aryl methyl sites for hydroxylation is 1. The molecule has 1 heterocycles. The summed E-state index contributed by atoms with van der Waals surface area (Å²) < 4.78 is 0. The number of nitrogens with two attached hydrogens (primary N) is 1. The number of aromatic nitrogens is 1. The standard InChI is InChI=1S/C6H7N.CH3NO/c1-6-4-2-3-5-7-6;2-1-3/h2-5H,1H3;1H,(H2,2,3). The maximum absolute atomic E-state index is 8.58. The highest BCUT2D eigenvalue weighted by atomic mass is 16.1. The van der Waals surface area contributed by atoms with Gasteiger partial charge in [0.15, 0.2) is 0 Å². The Bertz CT molecular complexity index is 174. The fraction of sp³-hybridized carbons (Fsp3) is 0.143. The Morgan fingerprint density at radius 2 is 2.20 bits per heavy atom. The molecule has 3 nitrogen and oxygen atoms in total. The van der Waals surface area contributed by atoms with Crippen molar-refractivity contribution in [3.05, 3.63) is 30.1 Å². The van der Waals surface area contributed by atoms with Crippen LogP contribution in [0.5, 0.6) is 0 Å². The number of pyridine rings is 1. The molecule has 0 aliphatic carbocycles. The molecule has 0 aliphatic rings. The Balaban J connectivity index is 0.000000236. The Morgan fingerprint density at radius 1 is 1.60 bits per heavy atom. The van der Waals surface area contributed by atoms with Crippen molar-refractivity contribution in [3.63, 3.8) is 0 Å². The molecular weight excluding hydrogens is 128 g/mol. The molecule has 54 valence electrons. The molecule has 0 bridgehead atoms. The predicted molar refractivity (Wildman–Crippen MR) is 39.2 cm³/mol. The first-order valence-corrected chi connectivity index (χ1v) is 2.84. The summed E-state index contributed by atoms with van der Waals surface area (Å²) in [6.07, 6.45) is 2.04. The van der Waals surface area contributed by atoms with Crippen molar-refractivity contribution in [2.75, 3.05) is 0 Å². The average molecular weight is 138 g/mol. The summed E-state index contributed by atoms with van der Waals surface area (Å²) in [6, 6.07) is 5.86. The number of carbonyl (C=O) groups excluding carboxylic acids is 1. The van der Waals surface area contributed by atoms with Crippen LogP contribution in [-0.2, 0) is 4.79 Å². The van der Waals surface area contributed by atoms with E-state index in [4.69, 9.17) is 4.79 Å². The third kappa shape index (κ3) is 4.77. The van der Waals surface area contributed by atoms with Gasteiger partial charge in [0.1, 0.15) is 0 Å². The molecule has 0 saturated heterocycles. The maximum Gasteiger partial charge on any atom is 0.204 e. The second-order valence-electron chi connectivity index (χ2n) is 1.61. The van der Waals surface area contributed by atoms with E-state index in [0.29, 0.717) is 0 Å². The van der Waals surface area contributed by atoms with Crippen molar-refractivity contribution in [1.29, 1.82) is 0 Å². The van der Waals surface area contributed by atoms with E-state index >= 15 is 0 Å². The average Bonchev–Trinajstić information content (AvgIpc) is 1.91. The van der Waals surface area contributed by atoms with Crippen molar-refractivity contribution >= 4 is 6.41 Å². The fourth-order valence-electron chi connectivity index (χ4n) is 0.448. The van der Waals surface area contributed by atoms with Gasteiger partial charge in [0, 0.05) is 11.9 Å². The highest BCUT2D eigenvalue weighted by Crippen LogP contribution is 1.85. The topological polar surface area (TPSA) is 56.0 Å². The first kappa shape index (κ1) is 8.62. The number of hydrogen-bond acceptors (Lipinski definition) is 2. The number of amides is 1. The quantitative estimate of drug-likeness (QED) is 0.530. The zero-order chi connectivity index (χ0) is 7.82. The van der Waals surface area contributed by atoms with Crippen molar-refractivity contribution in [2.24, 2.45) is 5.73 Å². The lowest BCUT2D eigenvalue weighted by atomic mass is 10.4. The molecule has 1 aromatic rings. The van der Waals surface area contributed by atoms with E-state index in [0.717, 1.165) is 5.69 Å². The van der Waals surface area contributed by atoms with Gasteiger partial charge in [-0.15, -0.1) is 0 Å². The zero-order valence-corrected chi connectivity index (χ0v) is 5.82. The van der Waals surface area contributed by atoms with E-state index in [9.17, 15) is 0 Å². The Kier molecular flexibility index (Phi) is 4.96. The van der Waals surface area contributed by atoms with Crippen LogP contribution in [0.1, 0.15) is 5.69 Å². The smallest absolute Gasteiger partial charge is 0.204 e. The normalized spacial score (nSPS) is 7.30. The third-order valence-corrected chi connectivity index (χ3v) is 0.813. The zero-order valence-electron chi connectivity index (χ0n) is 5.82. The monoisotopic (exact) mass is 138 g/mol. The molecular formula is C7H10N2O. The molecule has 1 rings (SSSR count). The summed E-state index contributed by atoms with van der Waals surface area (Å²) in [6.45, 7) is 1.97. The van der Waals surface area contributed by atoms with E-state index in [1.54, 1.807) is 6.20 Å². The Labute approximate surface area is 59.9 Å². The van der Waals surface area contributed by atoms with E-state index in [-0.39, 0.29) is 6.41 Å². The molecule has 0 aliphatic heterocycles. The molecule has 1 amide bonds. The van der Waals surface area contributed by atoms with Gasteiger partial charge in [0.25, 0.3) is 0 Å². The van der Waals surface area contributed by atoms with Gasteiger partial charge in [-0.3, -0.25) is 9.78 Å². The summed E-state index contributed by atoms with van der Waals surface area (Å²) >= 11 is 0.